The molecule has 2 heterocycles. The number of ether oxygens (including phenoxy) is 2. The van der Waals surface area contributed by atoms with Gasteiger partial charge in [-0.3, -0.25) is 9.59 Å². The summed E-state index contributed by atoms with van der Waals surface area (Å²) in [6, 6.07) is 33.0. The van der Waals surface area contributed by atoms with Crippen LogP contribution < -0.4 is 20.3 Å². The Morgan fingerprint density at radius 2 is 1.24 bits per heavy atom. The second-order valence-corrected chi connectivity index (χ2v) is 8.33. The molecule has 0 amide bonds. The number of benzene rings is 4. The van der Waals surface area contributed by atoms with Gasteiger partial charge in [-0.15, -0.1) is 0 Å². The van der Waals surface area contributed by atoms with E-state index in [4.69, 9.17) is 18.3 Å². The largest absolute Gasteiger partial charge is 0.493 e. The Labute approximate surface area is 218 Å². The minimum absolute atomic E-state index is 0.00861. The quantitative estimate of drug-likeness (QED) is 0.259. The van der Waals surface area contributed by atoms with Crippen LogP contribution in [0.5, 0.6) is 11.5 Å². The molecule has 6 rings (SSSR count). The molecule has 0 N–H and O–H groups in total. The van der Waals surface area contributed by atoms with E-state index in [0.29, 0.717) is 39.2 Å². The Morgan fingerprint density at radius 3 is 1.92 bits per heavy atom. The van der Waals surface area contributed by atoms with E-state index < -0.39 is 0 Å². The summed E-state index contributed by atoms with van der Waals surface area (Å²) < 4.78 is 22.2. The van der Waals surface area contributed by atoms with Crippen LogP contribution in [0.3, 0.4) is 0 Å². The standard InChI is InChI=1S/C17H14O4.C15H10O2/c1-19-13-10-6-9-12-14(18)17(20-2)15(21-16(12)13)11-7-4-3-5-8-11;16-13-10-15(11-6-2-1-3-7-11)17-14-9-5-4-8-12(13)14/h3-10H,1-2H3;1-10H. The van der Waals surface area contributed by atoms with E-state index in [1.54, 1.807) is 31.4 Å². The molecule has 0 saturated carbocycles. The van der Waals surface area contributed by atoms with Gasteiger partial charge in [-0.1, -0.05) is 78.9 Å². The molecule has 6 nitrogen and oxygen atoms in total. The van der Waals surface area contributed by atoms with Gasteiger partial charge in [0.25, 0.3) is 0 Å². The van der Waals surface area contributed by atoms with E-state index in [2.05, 4.69) is 0 Å². The van der Waals surface area contributed by atoms with E-state index in [-0.39, 0.29) is 16.6 Å². The van der Waals surface area contributed by atoms with Crippen molar-refractivity contribution in [3.8, 4) is 34.1 Å². The van der Waals surface area contributed by atoms with Crippen molar-refractivity contribution in [3.63, 3.8) is 0 Å². The number of rotatable bonds is 4. The number of hydrogen-bond donors (Lipinski definition) is 0. The highest BCUT2D eigenvalue weighted by molar-refractivity contribution is 5.86. The number of fused-ring (bicyclic) bond motifs is 2. The SMILES string of the molecule is COc1c(-c2ccccc2)oc2c(OC)cccc2c1=O.O=c1cc(-c2ccccc2)oc2ccccc12. The van der Waals surface area contributed by atoms with Crippen LogP contribution in [0.4, 0.5) is 0 Å². The molecular weight excluding hydrogens is 480 g/mol. The highest BCUT2D eigenvalue weighted by Crippen LogP contribution is 2.34. The summed E-state index contributed by atoms with van der Waals surface area (Å²) in [4.78, 5) is 24.5. The predicted octanol–water partition coefficient (Wildman–Crippen LogP) is 6.94. The van der Waals surface area contributed by atoms with E-state index >= 15 is 0 Å². The summed E-state index contributed by atoms with van der Waals surface area (Å²) >= 11 is 0. The lowest BCUT2D eigenvalue weighted by Gasteiger charge is -2.10. The molecular formula is C32H24O6. The molecule has 0 radical (unpaired) electrons. The van der Waals surface area contributed by atoms with Crippen molar-refractivity contribution < 1.29 is 18.3 Å². The molecule has 6 aromatic rings. The predicted molar refractivity (Wildman–Crippen MR) is 149 cm³/mol. The van der Waals surface area contributed by atoms with Gasteiger partial charge >= 0.3 is 0 Å². The summed E-state index contributed by atoms with van der Waals surface area (Å²) in [6.07, 6.45) is 0. The molecule has 0 atom stereocenters. The maximum atomic E-state index is 12.6. The van der Waals surface area contributed by atoms with E-state index in [0.717, 1.165) is 11.1 Å². The molecule has 0 spiro atoms. The molecule has 0 aliphatic rings. The average Bonchev–Trinajstić information content (AvgIpc) is 2.98. The van der Waals surface area contributed by atoms with Crippen LogP contribution in [-0.4, -0.2) is 14.2 Å². The zero-order chi connectivity index (χ0) is 26.5. The van der Waals surface area contributed by atoms with Crippen LogP contribution in [0, 0.1) is 0 Å². The topological polar surface area (TPSA) is 78.9 Å². The zero-order valence-corrected chi connectivity index (χ0v) is 20.8. The highest BCUT2D eigenvalue weighted by atomic mass is 16.5. The Kier molecular flexibility index (Phi) is 7.04. The molecule has 0 saturated heterocycles. The molecule has 4 aromatic carbocycles. The first kappa shape index (κ1) is 24.6. The van der Waals surface area contributed by atoms with Gasteiger partial charge in [-0.25, -0.2) is 0 Å². The fourth-order valence-electron chi connectivity index (χ4n) is 4.15. The minimum atomic E-state index is -0.212. The fourth-order valence-corrected chi connectivity index (χ4v) is 4.15. The summed E-state index contributed by atoms with van der Waals surface area (Å²) in [5.74, 6) is 1.72. The van der Waals surface area contributed by atoms with Gasteiger partial charge in [0.15, 0.2) is 22.5 Å². The lowest BCUT2D eigenvalue weighted by Crippen LogP contribution is -2.08. The van der Waals surface area contributed by atoms with Gasteiger partial charge in [0.05, 0.1) is 25.0 Å². The van der Waals surface area contributed by atoms with Crippen molar-refractivity contribution in [2.75, 3.05) is 14.2 Å². The fraction of sp³-hybridized carbons (Fsp3) is 0.0625. The highest BCUT2D eigenvalue weighted by Gasteiger charge is 2.18. The van der Waals surface area contributed by atoms with Crippen LogP contribution in [0.2, 0.25) is 0 Å². The minimum Gasteiger partial charge on any atom is -0.493 e. The third-order valence-electron chi connectivity index (χ3n) is 5.99. The lowest BCUT2D eigenvalue weighted by molar-refractivity contribution is 0.391. The van der Waals surface area contributed by atoms with Crippen LogP contribution in [0.25, 0.3) is 44.6 Å². The Balaban J connectivity index is 0.000000158. The summed E-state index contributed by atoms with van der Waals surface area (Å²) in [5.41, 5.74) is 2.51. The number of para-hydroxylation sites is 2. The molecule has 0 unspecified atom stereocenters. The zero-order valence-electron chi connectivity index (χ0n) is 20.8. The van der Waals surface area contributed by atoms with Crippen molar-refractivity contribution in [1.82, 2.24) is 0 Å². The third-order valence-corrected chi connectivity index (χ3v) is 5.99. The van der Waals surface area contributed by atoms with E-state index in [1.807, 2.05) is 78.9 Å². The molecule has 188 valence electrons. The molecule has 2 aromatic heterocycles. The molecule has 38 heavy (non-hydrogen) atoms. The van der Waals surface area contributed by atoms with Gasteiger partial charge in [0.2, 0.25) is 11.2 Å². The summed E-state index contributed by atoms with van der Waals surface area (Å²) in [5, 5.41) is 1.05. The van der Waals surface area contributed by atoms with Crippen LogP contribution >= 0.6 is 0 Å². The maximum Gasteiger partial charge on any atom is 0.235 e. The van der Waals surface area contributed by atoms with E-state index in [1.165, 1.54) is 13.2 Å². The van der Waals surface area contributed by atoms with Gasteiger partial charge in [0.1, 0.15) is 11.3 Å². The van der Waals surface area contributed by atoms with Crippen LogP contribution in [-0.2, 0) is 0 Å². The van der Waals surface area contributed by atoms with E-state index in [9.17, 15) is 9.59 Å². The molecule has 6 heteroatoms. The van der Waals surface area contributed by atoms with Crippen molar-refractivity contribution in [1.29, 1.82) is 0 Å². The number of methoxy groups -OCH3 is 2. The van der Waals surface area contributed by atoms with Crippen molar-refractivity contribution in [2.24, 2.45) is 0 Å². The number of hydrogen-bond acceptors (Lipinski definition) is 6. The maximum absolute atomic E-state index is 12.6. The molecule has 0 aliphatic carbocycles. The monoisotopic (exact) mass is 504 g/mol. The second-order valence-electron chi connectivity index (χ2n) is 8.33. The lowest BCUT2D eigenvalue weighted by atomic mass is 10.1. The van der Waals surface area contributed by atoms with Crippen molar-refractivity contribution in [3.05, 3.63) is 130 Å². The Morgan fingerprint density at radius 1 is 0.605 bits per heavy atom. The van der Waals surface area contributed by atoms with Gasteiger partial charge in [-0.05, 0) is 24.3 Å². The Bertz CT molecular complexity index is 1820. The summed E-state index contributed by atoms with van der Waals surface area (Å²) in [7, 11) is 3.01. The average molecular weight is 505 g/mol. The Hall–Kier alpha value is -5.10. The van der Waals surface area contributed by atoms with Gasteiger partial charge < -0.3 is 18.3 Å². The first-order valence-electron chi connectivity index (χ1n) is 11.9. The first-order chi connectivity index (χ1) is 18.6. The smallest absolute Gasteiger partial charge is 0.235 e. The molecule has 0 bridgehead atoms. The summed E-state index contributed by atoms with van der Waals surface area (Å²) in [6.45, 7) is 0. The van der Waals surface area contributed by atoms with Crippen molar-refractivity contribution in [2.45, 2.75) is 0 Å². The van der Waals surface area contributed by atoms with Crippen molar-refractivity contribution >= 4 is 21.9 Å². The normalized spacial score (nSPS) is 10.6. The first-order valence-corrected chi connectivity index (χ1v) is 11.9. The van der Waals surface area contributed by atoms with Crippen LogP contribution in [0.1, 0.15) is 0 Å². The van der Waals surface area contributed by atoms with Gasteiger partial charge in [0, 0.05) is 17.2 Å². The molecule has 0 aliphatic heterocycles. The van der Waals surface area contributed by atoms with Gasteiger partial charge in [-0.2, -0.15) is 0 Å². The van der Waals surface area contributed by atoms with Crippen LogP contribution in [0.15, 0.2) is 128 Å². The second kappa shape index (κ2) is 10.9. The molecule has 0 fully saturated rings. The third kappa shape index (κ3) is 4.80.